The molecule has 2 aromatic rings. The van der Waals surface area contributed by atoms with Crippen molar-refractivity contribution in [1.82, 2.24) is 4.31 Å². The molecular formula is C19H23N3O3S2. The van der Waals surface area contributed by atoms with Gasteiger partial charge in [-0.25, -0.2) is 8.42 Å². The zero-order valence-electron chi connectivity index (χ0n) is 15.4. The van der Waals surface area contributed by atoms with Gasteiger partial charge in [0.15, 0.2) is 5.11 Å². The van der Waals surface area contributed by atoms with E-state index in [4.69, 9.17) is 17.0 Å². The van der Waals surface area contributed by atoms with Crippen LogP contribution in [0.5, 0.6) is 0 Å². The van der Waals surface area contributed by atoms with Gasteiger partial charge in [0, 0.05) is 24.5 Å². The number of rotatable bonds is 4. The Morgan fingerprint density at radius 1 is 1.00 bits per heavy atom. The van der Waals surface area contributed by atoms with E-state index >= 15 is 0 Å². The van der Waals surface area contributed by atoms with Crippen LogP contribution in [0, 0.1) is 13.8 Å². The highest BCUT2D eigenvalue weighted by molar-refractivity contribution is 7.89. The van der Waals surface area contributed by atoms with Gasteiger partial charge >= 0.3 is 0 Å². The molecule has 0 aromatic heterocycles. The average Bonchev–Trinajstić information content (AvgIpc) is 2.61. The lowest BCUT2D eigenvalue weighted by Crippen LogP contribution is -2.40. The van der Waals surface area contributed by atoms with Gasteiger partial charge in [-0.15, -0.1) is 0 Å². The highest BCUT2D eigenvalue weighted by atomic mass is 32.2. The number of sulfonamides is 1. The fourth-order valence-electron chi connectivity index (χ4n) is 3.01. The fraction of sp³-hybridized carbons (Fsp3) is 0.316. The molecule has 144 valence electrons. The van der Waals surface area contributed by atoms with Crippen LogP contribution in [0.3, 0.4) is 0 Å². The predicted molar refractivity (Wildman–Crippen MR) is 112 cm³/mol. The van der Waals surface area contributed by atoms with Crippen LogP contribution in [0.25, 0.3) is 0 Å². The molecule has 8 heteroatoms. The summed E-state index contributed by atoms with van der Waals surface area (Å²) in [5.74, 6) is 0. The van der Waals surface area contributed by atoms with Crippen molar-refractivity contribution in [2.75, 3.05) is 36.9 Å². The lowest BCUT2D eigenvalue weighted by atomic mass is 10.1. The number of morpholine rings is 1. The molecule has 0 radical (unpaired) electrons. The van der Waals surface area contributed by atoms with Crippen molar-refractivity contribution in [2.24, 2.45) is 0 Å². The molecule has 0 unspecified atom stereocenters. The van der Waals surface area contributed by atoms with E-state index in [1.165, 1.54) is 4.31 Å². The molecule has 1 heterocycles. The molecule has 1 fully saturated rings. The minimum absolute atomic E-state index is 0.239. The zero-order valence-corrected chi connectivity index (χ0v) is 17.0. The van der Waals surface area contributed by atoms with E-state index in [0.717, 1.165) is 16.8 Å². The summed E-state index contributed by atoms with van der Waals surface area (Å²) in [5.41, 5.74) is 3.78. The topological polar surface area (TPSA) is 70.7 Å². The SMILES string of the molecule is Cc1cc(C)cc(NC(=S)Nc2cccc(S(=O)(=O)N3CCOCC3)c2)c1. The fourth-order valence-corrected chi connectivity index (χ4v) is 4.70. The normalized spacial score (nSPS) is 15.3. The molecule has 1 aliphatic rings. The van der Waals surface area contributed by atoms with Gasteiger partial charge in [0.05, 0.1) is 18.1 Å². The van der Waals surface area contributed by atoms with Crippen molar-refractivity contribution in [1.29, 1.82) is 0 Å². The third kappa shape index (κ3) is 5.04. The minimum atomic E-state index is -3.54. The summed E-state index contributed by atoms with van der Waals surface area (Å²) in [5, 5.41) is 6.60. The van der Waals surface area contributed by atoms with Crippen LogP contribution in [0.15, 0.2) is 47.4 Å². The summed E-state index contributed by atoms with van der Waals surface area (Å²) in [6.07, 6.45) is 0. The molecule has 1 aliphatic heterocycles. The Kier molecular flexibility index (Phi) is 6.11. The van der Waals surface area contributed by atoms with Gasteiger partial charge in [0.1, 0.15) is 0 Å². The maximum absolute atomic E-state index is 12.8. The van der Waals surface area contributed by atoms with Crippen molar-refractivity contribution < 1.29 is 13.2 Å². The molecule has 0 saturated carbocycles. The van der Waals surface area contributed by atoms with Crippen LogP contribution in [0.1, 0.15) is 11.1 Å². The second-order valence-corrected chi connectivity index (χ2v) is 8.85. The van der Waals surface area contributed by atoms with Crippen LogP contribution >= 0.6 is 12.2 Å². The molecule has 2 aromatic carbocycles. The summed E-state index contributed by atoms with van der Waals surface area (Å²) in [7, 11) is -3.54. The largest absolute Gasteiger partial charge is 0.379 e. The molecule has 6 nitrogen and oxygen atoms in total. The van der Waals surface area contributed by atoms with E-state index in [-0.39, 0.29) is 4.90 Å². The van der Waals surface area contributed by atoms with E-state index in [1.54, 1.807) is 24.3 Å². The molecule has 27 heavy (non-hydrogen) atoms. The number of hydrogen-bond acceptors (Lipinski definition) is 4. The van der Waals surface area contributed by atoms with Crippen LogP contribution in [-0.4, -0.2) is 44.1 Å². The van der Waals surface area contributed by atoms with Gasteiger partial charge in [0.2, 0.25) is 10.0 Å². The van der Waals surface area contributed by atoms with Crippen molar-refractivity contribution in [3.63, 3.8) is 0 Å². The van der Waals surface area contributed by atoms with E-state index in [1.807, 2.05) is 26.0 Å². The summed E-state index contributed by atoms with van der Waals surface area (Å²) < 4.78 is 32.3. The van der Waals surface area contributed by atoms with Gasteiger partial charge in [0.25, 0.3) is 0 Å². The number of aryl methyl sites for hydroxylation is 2. The van der Waals surface area contributed by atoms with Crippen LogP contribution < -0.4 is 10.6 Å². The zero-order chi connectivity index (χ0) is 19.4. The van der Waals surface area contributed by atoms with Crippen LogP contribution in [0.2, 0.25) is 0 Å². The number of ether oxygens (including phenoxy) is 1. The van der Waals surface area contributed by atoms with Crippen molar-refractivity contribution in [3.05, 3.63) is 53.6 Å². The molecule has 0 aliphatic carbocycles. The molecular weight excluding hydrogens is 382 g/mol. The first-order valence-electron chi connectivity index (χ1n) is 8.69. The molecule has 0 amide bonds. The van der Waals surface area contributed by atoms with Crippen LogP contribution in [0.4, 0.5) is 11.4 Å². The molecule has 2 N–H and O–H groups in total. The molecule has 1 saturated heterocycles. The Morgan fingerprint density at radius 3 is 2.30 bits per heavy atom. The lowest BCUT2D eigenvalue weighted by molar-refractivity contribution is 0.0730. The quantitative estimate of drug-likeness (QED) is 0.762. The van der Waals surface area contributed by atoms with Gasteiger partial charge in [-0.2, -0.15) is 4.31 Å². The second kappa shape index (κ2) is 8.35. The molecule has 3 rings (SSSR count). The van der Waals surface area contributed by atoms with Gasteiger partial charge < -0.3 is 15.4 Å². The highest BCUT2D eigenvalue weighted by Gasteiger charge is 2.26. The number of hydrogen-bond donors (Lipinski definition) is 2. The van der Waals surface area contributed by atoms with Crippen molar-refractivity contribution in [2.45, 2.75) is 18.7 Å². The highest BCUT2D eigenvalue weighted by Crippen LogP contribution is 2.21. The maximum atomic E-state index is 12.8. The number of nitrogens with zero attached hydrogens (tertiary/aromatic N) is 1. The summed E-state index contributed by atoms with van der Waals surface area (Å²) in [4.78, 5) is 0.239. The Balaban J connectivity index is 1.72. The number of anilines is 2. The van der Waals surface area contributed by atoms with Gasteiger partial charge in [-0.3, -0.25) is 0 Å². The Bertz CT molecular complexity index is 919. The Morgan fingerprint density at radius 2 is 1.63 bits per heavy atom. The first kappa shape index (κ1) is 19.8. The first-order chi connectivity index (χ1) is 12.8. The first-order valence-corrected chi connectivity index (χ1v) is 10.5. The van der Waals surface area contributed by atoms with Crippen molar-refractivity contribution in [3.8, 4) is 0 Å². The molecule has 0 bridgehead atoms. The van der Waals surface area contributed by atoms with E-state index in [0.29, 0.717) is 37.1 Å². The smallest absolute Gasteiger partial charge is 0.243 e. The number of benzene rings is 2. The van der Waals surface area contributed by atoms with E-state index in [2.05, 4.69) is 16.7 Å². The summed E-state index contributed by atoms with van der Waals surface area (Å²) in [6.45, 7) is 5.62. The minimum Gasteiger partial charge on any atom is -0.379 e. The van der Waals surface area contributed by atoms with E-state index < -0.39 is 10.0 Å². The summed E-state index contributed by atoms with van der Waals surface area (Å²) >= 11 is 5.37. The summed E-state index contributed by atoms with van der Waals surface area (Å²) in [6, 6.07) is 12.8. The Labute approximate surface area is 165 Å². The Hall–Kier alpha value is -2.00. The molecule has 0 spiro atoms. The predicted octanol–water partition coefficient (Wildman–Crippen LogP) is 3.13. The van der Waals surface area contributed by atoms with Gasteiger partial charge in [-0.1, -0.05) is 12.1 Å². The monoisotopic (exact) mass is 405 g/mol. The standard InChI is InChI=1S/C19H23N3O3S2/c1-14-10-15(2)12-17(11-14)21-19(26)20-16-4-3-5-18(13-16)27(23,24)22-6-8-25-9-7-22/h3-5,10-13H,6-9H2,1-2H3,(H2,20,21,26). The molecule has 0 atom stereocenters. The van der Waals surface area contributed by atoms with Crippen molar-refractivity contribution >= 4 is 38.7 Å². The average molecular weight is 406 g/mol. The lowest BCUT2D eigenvalue weighted by Gasteiger charge is -2.26. The maximum Gasteiger partial charge on any atom is 0.243 e. The third-order valence-corrected chi connectivity index (χ3v) is 6.28. The van der Waals surface area contributed by atoms with Gasteiger partial charge in [-0.05, 0) is 67.5 Å². The van der Waals surface area contributed by atoms with E-state index in [9.17, 15) is 8.42 Å². The second-order valence-electron chi connectivity index (χ2n) is 6.50. The number of nitrogens with one attached hydrogen (secondary N) is 2. The number of thiocarbonyl (C=S) groups is 1. The third-order valence-electron chi connectivity index (χ3n) is 4.18. The van der Waals surface area contributed by atoms with Crippen LogP contribution in [-0.2, 0) is 14.8 Å².